The molecule has 0 aromatic heterocycles. The molecule has 0 aliphatic carbocycles. The average molecular weight is 494 g/mol. The van der Waals surface area contributed by atoms with Crippen molar-refractivity contribution in [2.45, 2.75) is 19.0 Å². The molecule has 3 aromatic rings. The van der Waals surface area contributed by atoms with Crippen LogP contribution < -0.4 is 19.7 Å². The second kappa shape index (κ2) is 10.5. The number of nitrogens with zero attached hydrogens (tertiary/aromatic N) is 2. The van der Waals surface area contributed by atoms with Gasteiger partial charge in [-0.2, -0.15) is 0 Å². The van der Waals surface area contributed by atoms with E-state index in [-0.39, 0.29) is 13.0 Å². The van der Waals surface area contributed by atoms with Crippen LogP contribution in [0.25, 0.3) is 0 Å². The molecule has 1 aliphatic rings. The first-order valence-electron chi connectivity index (χ1n) is 10.9. The minimum absolute atomic E-state index is 0.131. The number of hydrogen-bond acceptors (Lipinski definition) is 5. The lowest BCUT2D eigenvalue weighted by Gasteiger charge is -2.22. The Morgan fingerprint density at radius 3 is 2.29 bits per heavy atom. The van der Waals surface area contributed by atoms with E-state index in [2.05, 4.69) is 5.32 Å². The first kappa shape index (κ1) is 24.1. The standard InChI is InChI=1S/C26H24ClN3O5/c1-34-21-12-8-19(9-13-21)28-24(31)15-23-25(32)30(20-10-6-18(27)7-11-20)26(33)29(23)16-17-4-3-5-22(14-17)35-2/h3-14,23H,15-16H2,1-2H3,(H,28,31)/t23-/m1/s1. The van der Waals surface area contributed by atoms with Crippen LogP contribution in [0.5, 0.6) is 11.5 Å². The zero-order valence-electron chi connectivity index (χ0n) is 19.2. The number of anilines is 2. The number of ether oxygens (including phenoxy) is 2. The molecule has 180 valence electrons. The molecule has 1 N–H and O–H groups in total. The van der Waals surface area contributed by atoms with Crippen LogP contribution in [0.2, 0.25) is 5.02 Å². The van der Waals surface area contributed by atoms with Crippen LogP contribution in [0.3, 0.4) is 0 Å². The zero-order chi connectivity index (χ0) is 24.9. The van der Waals surface area contributed by atoms with Crippen molar-refractivity contribution in [3.63, 3.8) is 0 Å². The fourth-order valence-electron chi connectivity index (χ4n) is 3.87. The molecule has 1 saturated heterocycles. The van der Waals surface area contributed by atoms with E-state index in [0.717, 1.165) is 10.5 Å². The topological polar surface area (TPSA) is 88.2 Å². The van der Waals surface area contributed by atoms with Gasteiger partial charge in [0.2, 0.25) is 5.91 Å². The summed E-state index contributed by atoms with van der Waals surface area (Å²) in [5.41, 5.74) is 1.71. The third-order valence-electron chi connectivity index (χ3n) is 5.64. The Bertz CT molecular complexity index is 1230. The van der Waals surface area contributed by atoms with E-state index >= 15 is 0 Å². The second-order valence-electron chi connectivity index (χ2n) is 7.91. The normalized spacial score (nSPS) is 15.3. The van der Waals surface area contributed by atoms with Gasteiger partial charge in [-0.1, -0.05) is 23.7 Å². The molecule has 8 nitrogen and oxygen atoms in total. The van der Waals surface area contributed by atoms with Gasteiger partial charge < -0.3 is 19.7 Å². The minimum atomic E-state index is -0.984. The summed E-state index contributed by atoms with van der Waals surface area (Å²) in [6, 6.07) is 19.0. The summed E-state index contributed by atoms with van der Waals surface area (Å²) in [5.74, 6) is 0.409. The molecule has 0 bridgehead atoms. The molecule has 0 radical (unpaired) electrons. The van der Waals surface area contributed by atoms with Crippen LogP contribution in [-0.4, -0.2) is 43.0 Å². The van der Waals surface area contributed by atoms with E-state index in [9.17, 15) is 14.4 Å². The number of imide groups is 1. The highest BCUT2D eigenvalue weighted by Crippen LogP contribution is 2.30. The van der Waals surface area contributed by atoms with Crippen molar-refractivity contribution >= 4 is 40.8 Å². The number of benzene rings is 3. The number of urea groups is 1. The Hall–Kier alpha value is -4.04. The Morgan fingerprint density at radius 2 is 1.63 bits per heavy atom. The Balaban J connectivity index is 1.59. The molecule has 4 amide bonds. The highest BCUT2D eigenvalue weighted by atomic mass is 35.5. The molecule has 4 rings (SSSR count). The van der Waals surface area contributed by atoms with Crippen LogP contribution in [0.1, 0.15) is 12.0 Å². The number of methoxy groups -OCH3 is 2. The van der Waals surface area contributed by atoms with Gasteiger partial charge >= 0.3 is 6.03 Å². The Kier molecular flexibility index (Phi) is 7.22. The molecule has 1 atom stereocenters. The molecule has 0 spiro atoms. The quantitative estimate of drug-likeness (QED) is 0.458. The predicted octanol–water partition coefficient (Wildman–Crippen LogP) is 4.72. The lowest BCUT2D eigenvalue weighted by molar-refractivity contribution is -0.124. The molecular weight excluding hydrogens is 470 g/mol. The lowest BCUT2D eigenvalue weighted by Crippen LogP contribution is -2.37. The van der Waals surface area contributed by atoms with Gasteiger partial charge in [0.25, 0.3) is 5.91 Å². The van der Waals surface area contributed by atoms with Crippen molar-refractivity contribution in [1.29, 1.82) is 0 Å². The van der Waals surface area contributed by atoms with Crippen LogP contribution in [0.15, 0.2) is 72.8 Å². The monoisotopic (exact) mass is 493 g/mol. The molecule has 1 heterocycles. The summed E-state index contributed by atoms with van der Waals surface area (Å²) in [5, 5.41) is 3.26. The summed E-state index contributed by atoms with van der Waals surface area (Å²) in [6.07, 6.45) is -0.204. The van der Waals surface area contributed by atoms with Crippen molar-refractivity contribution < 1.29 is 23.9 Å². The fraction of sp³-hybridized carbons (Fsp3) is 0.192. The maximum Gasteiger partial charge on any atom is 0.332 e. The van der Waals surface area contributed by atoms with Gasteiger partial charge in [0.15, 0.2) is 0 Å². The van der Waals surface area contributed by atoms with Gasteiger partial charge in [-0.15, -0.1) is 0 Å². The van der Waals surface area contributed by atoms with Gasteiger partial charge in [0.1, 0.15) is 17.5 Å². The van der Waals surface area contributed by atoms with Gasteiger partial charge in [0, 0.05) is 17.3 Å². The molecule has 35 heavy (non-hydrogen) atoms. The highest BCUT2D eigenvalue weighted by molar-refractivity contribution is 6.30. The maximum atomic E-state index is 13.4. The summed E-state index contributed by atoms with van der Waals surface area (Å²) < 4.78 is 10.4. The molecule has 9 heteroatoms. The minimum Gasteiger partial charge on any atom is -0.497 e. The molecule has 0 unspecified atom stereocenters. The largest absolute Gasteiger partial charge is 0.497 e. The van der Waals surface area contributed by atoms with Crippen molar-refractivity contribution in [3.05, 3.63) is 83.4 Å². The highest BCUT2D eigenvalue weighted by Gasteiger charge is 2.46. The summed E-state index contributed by atoms with van der Waals surface area (Å²) in [6.45, 7) is 0.131. The number of halogens is 1. The number of carbonyl (C=O) groups excluding carboxylic acids is 3. The van der Waals surface area contributed by atoms with Crippen LogP contribution in [0, 0.1) is 0 Å². The first-order valence-corrected chi connectivity index (χ1v) is 11.2. The summed E-state index contributed by atoms with van der Waals surface area (Å²) in [4.78, 5) is 42.2. The van der Waals surface area contributed by atoms with Gasteiger partial charge in [-0.3, -0.25) is 9.59 Å². The zero-order valence-corrected chi connectivity index (χ0v) is 20.0. The lowest BCUT2D eigenvalue weighted by atomic mass is 10.1. The number of hydrogen-bond donors (Lipinski definition) is 1. The van der Waals surface area contributed by atoms with Crippen molar-refractivity contribution in [2.24, 2.45) is 0 Å². The summed E-state index contributed by atoms with van der Waals surface area (Å²) in [7, 11) is 3.11. The third-order valence-corrected chi connectivity index (χ3v) is 5.90. The molecule has 0 saturated carbocycles. The third kappa shape index (κ3) is 5.38. The number of rotatable bonds is 8. The number of nitrogens with one attached hydrogen (secondary N) is 1. The van der Waals surface area contributed by atoms with Crippen molar-refractivity contribution in [3.8, 4) is 11.5 Å². The predicted molar refractivity (Wildman–Crippen MR) is 133 cm³/mol. The smallest absolute Gasteiger partial charge is 0.332 e. The van der Waals surface area contributed by atoms with Crippen LogP contribution >= 0.6 is 11.6 Å². The first-order chi connectivity index (χ1) is 16.9. The van der Waals surface area contributed by atoms with E-state index in [1.807, 2.05) is 6.07 Å². The van der Waals surface area contributed by atoms with E-state index in [1.165, 1.54) is 4.90 Å². The van der Waals surface area contributed by atoms with Gasteiger partial charge in [-0.05, 0) is 66.2 Å². The number of amides is 4. The van der Waals surface area contributed by atoms with Crippen molar-refractivity contribution in [1.82, 2.24) is 4.90 Å². The SMILES string of the molecule is COc1ccc(NC(=O)C[C@@H]2C(=O)N(c3ccc(Cl)cc3)C(=O)N2Cc2cccc(OC)c2)cc1. The molecule has 3 aromatic carbocycles. The molecular formula is C26H24ClN3O5. The fourth-order valence-corrected chi connectivity index (χ4v) is 4.00. The Labute approximate surface area is 208 Å². The van der Waals surface area contributed by atoms with Gasteiger partial charge in [0.05, 0.1) is 26.3 Å². The average Bonchev–Trinajstić information content (AvgIpc) is 3.09. The van der Waals surface area contributed by atoms with Crippen LogP contribution in [-0.2, 0) is 16.1 Å². The Morgan fingerprint density at radius 1 is 0.943 bits per heavy atom. The molecule has 1 fully saturated rings. The van der Waals surface area contributed by atoms with Crippen molar-refractivity contribution in [2.75, 3.05) is 24.4 Å². The number of carbonyl (C=O) groups is 3. The van der Waals surface area contributed by atoms with Crippen LogP contribution in [0.4, 0.5) is 16.2 Å². The molecule has 1 aliphatic heterocycles. The van der Waals surface area contributed by atoms with E-state index < -0.39 is 23.9 Å². The van der Waals surface area contributed by atoms with Gasteiger partial charge in [-0.25, -0.2) is 9.69 Å². The summed E-state index contributed by atoms with van der Waals surface area (Å²) >= 11 is 5.98. The van der Waals surface area contributed by atoms with E-state index in [1.54, 1.807) is 80.9 Å². The van der Waals surface area contributed by atoms with E-state index in [0.29, 0.717) is 27.9 Å². The second-order valence-corrected chi connectivity index (χ2v) is 8.35. The van der Waals surface area contributed by atoms with E-state index in [4.69, 9.17) is 21.1 Å². The maximum absolute atomic E-state index is 13.4.